The van der Waals surface area contributed by atoms with Crippen LogP contribution in [0.15, 0.2) is 155 Å². The molecule has 7 aromatic rings. The van der Waals surface area contributed by atoms with Crippen molar-refractivity contribution in [1.82, 2.24) is 9.13 Å². The minimum atomic E-state index is -0.394. The minimum absolute atomic E-state index is 0.0142. The molecule has 1 aliphatic heterocycles. The molecule has 0 unspecified atom stereocenters. The van der Waals surface area contributed by atoms with E-state index in [0.29, 0.717) is 14.4 Å². The van der Waals surface area contributed by atoms with Crippen LogP contribution in [0.3, 0.4) is 0 Å². The Labute approximate surface area is 307 Å². The molecule has 9 heteroatoms. The molecule has 3 heterocycles. The summed E-state index contributed by atoms with van der Waals surface area (Å²) in [6, 6.07) is 44.5. The molecule has 52 heavy (non-hydrogen) atoms. The van der Waals surface area contributed by atoms with E-state index in [1.165, 1.54) is 29.0 Å². The van der Waals surface area contributed by atoms with Crippen molar-refractivity contribution < 1.29 is 4.92 Å². The zero-order valence-electron chi connectivity index (χ0n) is 27.6. The molecule has 2 aliphatic rings. The smallest absolute Gasteiger partial charge is 0.271 e. The Balaban J connectivity index is 1.31. The SMILES string of the molecule is O=c1/c(=C\c2cc(-c3ccccc3)n(-c3ccc([N+](=O)[O-])cc3)c2-c2ccccc2)sc2n1[C@H](c1ccc(Cl)cc1)C1=C(N=2)c2ccccc2CC1. The van der Waals surface area contributed by atoms with Gasteiger partial charge in [0.05, 0.1) is 32.6 Å². The second-order valence-corrected chi connectivity index (χ2v) is 14.3. The van der Waals surface area contributed by atoms with E-state index < -0.39 is 4.92 Å². The van der Waals surface area contributed by atoms with Crippen LogP contribution in [0.1, 0.15) is 34.7 Å². The Hall–Kier alpha value is -6.09. The summed E-state index contributed by atoms with van der Waals surface area (Å²) in [5.74, 6) is 0. The number of hydrogen-bond acceptors (Lipinski definition) is 5. The van der Waals surface area contributed by atoms with Crippen molar-refractivity contribution in [2.75, 3.05) is 0 Å². The maximum atomic E-state index is 14.7. The number of aromatic nitrogens is 2. The molecule has 0 N–H and O–H groups in total. The van der Waals surface area contributed by atoms with Gasteiger partial charge < -0.3 is 4.57 Å². The number of fused-ring (bicyclic) bond motifs is 3. The zero-order chi connectivity index (χ0) is 35.3. The predicted molar refractivity (Wildman–Crippen MR) is 207 cm³/mol. The molecule has 7 nitrogen and oxygen atoms in total. The number of allylic oxidation sites excluding steroid dienone is 1. The molecule has 0 spiro atoms. The summed E-state index contributed by atoms with van der Waals surface area (Å²) >= 11 is 7.73. The first kappa shape index (κ1) is 31.9. The molecule has 1 aliphatic carbocycles. The Morgan fingerprint density at radius 1 is 0.808 bits per heavy atom. The van der Waals surface area contributed by atoms with Gasteiger partial charge >= 0.3 is 0 Å². The molecule has 2 aromatic heterocycles. The highest BCUT2D eigenvalue weighted by molar-refractivity contribution is 7.07. The van der Waals surface area contributed by atoms with Crippen LogP contribution in [0, 0.1) is 10.1 Å². The van der Waals surface area contributed by atoms with Crippen molar-refractivity contribution in [3.8, 4) is 28.2 Å². The summed E-state index contributed by atoms with van der Waals surface area (Å²) < 4.78 is 4.52. The molecule has 9 rings (SSSR count). The first-order valence-corrected chi connectivity index (χ1v) is 18.1. The zero-order valence-corrected chi connectivity index (χ0v) is 29.2. The normalized spacial score (nSPS) is 15.1. The third-order valence-electron chi connectivity index (χ3n) is 9.81. The van der Waals surface area contributed by atoms with Gasteiger partial charge in [-0.2, -0.15) is 0 Å². The number of nitro groups is 1. The van der Waals surface area contributed by atoms with E-state index in [9.17, 15) is 14.9 Å². The van der Waals surface area contributed by atoms with E-state index in [-0.39, 0.29) is 17.3 Å². The largest absolute Gasteiger partial charge is 0.309 e. The summed E-state index contributed by atoms with van der Waals surface area (Å²) in [6.07, 6.45) is 3.64. The van der Waals surface area contributed by atoms with Crippen LogP contribution in [0.2, 0.25) is 5.02 Å². The van der Waals surface area contributed by atoms with Crippen LogP contribution in [0.5, 0.6) is 0 Å². The fourth-order valence-corrected chi connectivity index (χ4v) is 8.57. The van der Waals surface area contributed by atoms with E-state index in [4.69, 9.17) is 16.6 Å². The number of nitro benzene ring substituents is 1. The Morgan fingerprint density at radius 3 is 2.19 bits per heavy atom. The fraction of sp³-hybridized carbons (Fsp3) is 0.0698. The van der Waals surface area contributed by atoms with Crippen LogP contribution in [0.25, 0.3) is 40.0 Å². The monoisotopic (exact) mass is 716 g/mol. The number of non-ortho nitro benzene ring substituents is 1. The summed E-state index contributed by atoms with van der Waals surface area (Å²) in [4.78, 5) is 31.8. The van der Waals surface area contributed by atoms with Gasteiger partial charge in [-0.1, -0.05) is 120 Å². The maximum Gasteiger partial charge on any atom is 0.271 e. The van der Waals surface area contributed by atoms with Crippen molar-refractivity contribution in [2.45, 2.75) is 18.9 Å². The first-order valence-electron chi connectivity index (χ1n) is 16.9. The molecular formula is C43H29ClN4O3S. The Bertz CT molecular complexity index is 2730. The molecule has 252 valence electrons. The quantitative estimate of drug-likeness (QED) is 0.127. The second kappa shape index (κ2) is 12.9. The van der Waals surface area contributed by atoms with Gasteiger partial charge in [-0.05, 0) is 77.1 Å². The van der Waals surface area contributed by atoms with Crippen molar-refractivity contribution in [3.63, 3.8) is 0 Å². The van der Waals surface area contributed by atoms with Crippen molar-refractivity contribution in [1.29, 1.82) is 0 Å². The van der Waals surface area contributed by atoms with Crippen LogP contribution < -0.4 is 14.9 Å². The minimum Gasteiger partial charge on any atom is -0.309 e. The number of benzene rings is 5. The second-order valence-electron chi connectivity index (χ2n) is 12.8. The fourth-order valence-electron chi connectivity index (χ4n) is 7.45. The van der Waals surface area contributed by atoms with Gasteiger partial charge in [0.25, 0.3) is 11.2 Å². The summed E-state index contributed by atoms with van der Waals surface area (Å²) in [7, 11) is 0. The third-order valence-corrected chi connectivity index (χ3v) is 11.0. The molecule has 0 saturated heterocycles. The number of nitrogens with zero attached hydrogens (tertiary/aromatic N) is 4. The van der Waals surface area contributed by atoms with Gasteiger partial charge in [-0.3, -0.25) is 19.5 Å². The number of aryl methyl sites for hydroxylation is 1. The van der Waals surface area contributed by atoms with E-state index in [2.05, 4.69) is 28.8 Å². The number of hydrogen-bond donors (Lipinski definition) is 0. The van der Waals surface area contributed by atoms with Crippen LogP contribution in [-0.2, 0) is 6.42 Å². The van der Waals surface area contributed by atoms with E-state index in [1.54, 1.807) is 12.1 Å². The topological polar surface area (TPSA) is 82.4 Å². The van der Waals surface area contributed by atoms with Crippen LogP contribution >= 0.6 is 22.9 Å². The van der Waals surface area contributed by atoms with Gasteiger partial charge in [-0.25, -0.2) is 4.99 Å². The summed E-state index contributed by atoms with van der Waals surface area (Å²) in [6.45, 7) is 0. The molecular weight excluding hydrogens is 688 g/mol. The summed E-state index contributed by atoms with van der Waals surface area (Å²) in [5, 5.41) is 12.2. The van der Waals surface area contributed by atoms with Crippen molar-refractivity contribution in [3.05, 3.63) is 202 Å². The van der Waals surface area contributed by atoms with Gasteiger partial charge in [0.15, 0.2) is 4.80 Å². The number of halogens is 1. The average molecular weight is 717 g/mol. The van der Waals surface area contributed by atoms with E-state index in [1.807, 2.05) is 102 Å². The number of thiazole rings is 1. The lowest BCUT2D eigenvalue weighted by Crippen LogP contribution is -2.38. The van der Waals surface area contributed by atoms with Gasteiger partial charge in [0, 0.05) is 34.0 Å². The first-order chi connectivity index (χ1) is 25.4. The van der Waals surface area contributed by atoms with Crippen LogP contribution in [-0.4, -0.2) is 14.1 Å². The Morgan fingerprint density at radius 2 is 1.48 bits per heavy atom. The van der Waals surface area contributed by atoms with Gasteiger partial charge in [-0.15, -0.1) is 0 Å². The number of rotatable bonds is 6. The lowest BCUT2D eigenvalue weighted by Gasteiger charge is -2.30. The highest BCUT2D eigenvalue weighted by atomic mass is 35.5. The van der Waals surface area contributed by atoms with Crippen molar-refractivity contribution in [2.24, 2.45) is 4.99 Å². The molecule has 0 bridgehead atoms. The molecule has 0 amide bonds. The highest BCUT2D eigenvalue weighted by Crippen LogP contribution is 2.42. The third kappa shape index (κ3) is 5.44. The Kier molecular flexibility index (Phi) is 7.91. The van der Waals surface area contributed by atoms with E-state index >= 15 is 0 Å². The van der Waals surface area contributed by atoms with Gasteiger partial charge in [0.2, 0.25) is 0 Å². The van der Waals surface area contributed by atoms with Gasteiger partial charge in [0.1, 0.15) is 0 Å². The van der Waals surface area contributed by atoms with Crippen molar-refractivity contribution >= 4 is 40.4 Å². The molecule has 0 saturated carbocycles. The average Bonchev–Trinajstić information content (AvgIpc) is 3.71. The predicted octanol–water partition coefficient (Wildman–Crippen LogP) is 9.01. The standard InChI is InChI=1S/C43H29ClN4O3S/c44-32-18-15-30(16-19-32)41-36-24-17-27-9-7-8-14-35(27)39(36)45-43-47(41)42(49)38(52-43)26-31-25-37(28-10-3-1-4-11-28)46(40(31)29-12-5-2-6-13-29)33-20-22-34(23-21-33)48(50)51/h1-16,18-23,25-26,41H,17,24H2/b38-26+/t41-/m1/s1. The lowest BCUT2D eigenvalue weighted by atomic mass is 9.83. The molecule has 5 aromatic carbocycles. The molecule has 0 radical (unpaired) electrons. The lowest BCUT2D eigenvalue weighted by molar-refractivity contribution is -0.384. The highest BCUT2D eigenvalue weighted by Gasteiger charge is 2.32. The molecule has 1 atom stereocenters. The van der Waals surface area contributed by atoms with E-state index in [0.717, 1.165) is 69.0 Å². The van der Waals surface area contributed by atoms with Crippen LogP contribution in [0.4, 0.5) is 5.69 Å². The molecule has 0 fully saturated rings. The summed E-state index contributed by atoms with van der Waals surface area (Å²) in [5.41, 5.74) is 10.6. The maximum absolute atomic E-state index is 14.7.